The highest BCUT2D eigenvalue weighted by atomic mass is 16.5. The van der Waals surface area contributed by atoms with Gasteiger partial charge in [-0.2, -0.15) is 0 Å². The van der Waals surface area contributed by atoms with Crippen LogP contribution in [0.4, 0.5) is 0 Å². The van der Waals surface area contributed by atoms with Crippen LogP contribution in [-0.2, 0) is 4.79 Å². The first-order chi connectivity index (χ1) is 10.2. The summed E-state index contributed by atoms with van der Waals surface area (Å²) in [6.45, 7) is 3.47. The van der Waals surface area contributed by atoms with E-state index in [0.29, 0.717) is 31.7 Å². The number of benzene rings is 1. The Balaban J connectivity index is 2.59. The summed E-state index contributed by atoms with van der Waals surface area (Å²) < 4.78 is 5.46. The zero-order chi connectivity index (χ0) is 15.5. The third-order valence-corrected chi connectivity index (χ3v) is 2.78. The Labute approximate surface area is 123 Å². The summed E-state index contributed by atoms with van der Waals surface area (Å²) in [4.78, 5) is 13.9. The second kappa shape index (κ2) is 9.63. The number of hydrogen-bond acceptors (Lipinski definition) is 4. The van der Waals surface area contributed by atoms with Crippen molar-refractivity contribution in [2.75, 3.05) is 19.7 Å². The fourth-order valence-electron chi connectivity index (χ4n) is 1.77. The molecule has 0 bridgehead atoms. The summed E-state index contributed by atoms with van der Waals surface area (Å²) in [5.41, 5.74) is 8.82. The highest BCUT2D eigenvalue weighted by Crippen LogP contribution is 2.18. The van der Waals surface area contributed by atoms with Crippen molar-refractivity contribution >= 4 is 5.97 Å². The van der Waals surface area contributed by atoms with E-state index in [0.717, 1.165) is 12.2 Å². The number of rotatable bonds is 10. The third-order valence-electron chi connectivity index (χ3n) is 2.78. The minimum atomic E-state index is -0.944. The second-order valence-corrected chi connectivity index (χ2v) is 4.45. The minimum Gasteiger partial charge on any atom is -0.494 e. The maximum Gasteiger partial charge on any atom is 0.325 e. The van der Waals surface area contributed by atoms with Gasteiger partial charge in [0.1, 0.15) is 11.8 Å². The fourth-order valence-corrected chi connectivity index (χ4v) is 1.77. The molecule has 0 spiro atoms. The summed E-state index contributed by atoms with van der Waals surface area (Å²) in [5, 5.41) is 15.6. The minimum absolute atomic E-state index is 0.347. The molecule has 21 heavy (non-hydrogen) atoms. The van der Waals surface area contributed by atoms with E-state index in [1.807, 2.05) is 6.92 Å². The SMILES string of the molecule is CCCOc1ccc(C(NCCCN=[N+]=[N-])C(=O)O)cc1. The second-order valence-electron chi connectivity index (χ2n) is 4.45. The molecule has 1 rings (SSSR count). The van der Waals surface area contributed by atoms with Crippen molar-refractivity contribution in [3.8, 4) is 5.75 Å². The molecule has 0 saturated heterocycles. The number of nitrogens with one attached hydrogen (secondary N) is 1. The van der Waals surface area contributed by atoms with Crippen LogP contribution in [0.5, 0.6) is 5.75 Å². The van der Waals surface area contributed by atoms with Crippen LogP contribution in [-0.4, -0.2) is 30.8 Å². The standard InChI is InChI=1S/C14H20N4O3/c1-2-10-21-12-6-4-11(5-7-12)13(14(19)20)16-8-3-9-17-18-15/h4-7,13,16H,2-3,8-10H2,1H3,(H,19,20). The molecule has 0 radical (unpaired) electrons. The Bertz CT molecular complexity index is 483. The van der Waals surface area contributed by atoms with Gasteiger partial charge in [-0.3, -0.25) is 4.79 Å². The molecule has 0 amide bonds. The van der Waals surface area contributed by atoms with Gasteiger partial charge in [-0.25, -0.2) is 0 Å². The lowest BCUT2D eigenvalue weighted by atomic mass is 10.1. The van der Waals surface area contributed by atoms with Gasteiger partial charge in [-0.1, -0.05) is 24.2 Å². The summed E-state index contributed by atoms with van der Waals surface area (Å²) in [6.07, 6.45) is 1.51. The van der Waals surface area contributed by atoms with E-state index in [1.54, 1.807) is 24.3 Å². The highest BCUT2D eigenvalue weighted by Gasteiger charge is 2.18. The number of nitrogens with zero attached hydrogens (tertiary/aromatic N) is 3. The van der Waals surface area contributed by atoms with Crippen LogP contribution in [0.15, 0.2) is 29.4 Å². The van der Waals surface area contributed by atoms with E-state index >= 15 is 0 Å². The van der Waals surface area contributed by atoms with Gasteiger partial charge < -0.3 is 15.2 Å². The number of carboxylic acids is 1. The average Bonchev–Trinajstić information content (AvgIpc) is 2.49. The van der Waals surface area contributed by atoms with E-state index < -0.39 is 12.0 Å². The van der Waals surface area contributed by atoms with Crippen LogP contribution in [0.3, 0.4) is 0 Å². The molecular weight excluding hydrogens is 272 g/mol. The van der Waals surface area contributed by atoms with Gasteiger partial charge in [0, 0.05) is 11.5 Å². The van der Waals surface area contributed by atoms with Crippen molar-refractivity contribution in [3.05, 3.63) is 40.3 Å². The topological polar surface area (TPSA) is 107 Å². The lowest BCUT2D eigenvalue weighted by Gasteiger charge is -2.15. The first-order valence-corrected chi connectivity index (χ1v) is 6.88. The van der Waals surface area contributed by atoms with Gasteiger partial charge in [-0.05, 0) is 42.6 Å². The lowest BCUT2D eigenvalue weighted by molar-refractivity contribution is -0.139. The van der Waals surface area contributed by atoms with Gasteiger partial charge in [0.2, 0.25) is 0 Å². The van der Waals surface area contributed by atoms with Crippen molar-refractivity contribution in [1.82, 2.24) is 5.32 Å². The molecule has 2 N–H and O–H groups in total. The summed E-state index contributed by atoms with van der Waals surface area (Å²) >= 11 is 0. The molecule has 1 aromatic rings. The molecule has 7 nitrogen and oxygen atoms in total. The van der Waals surface area contributed by atoms with Crippen molar-refractivity contribution < 1.29 is 14.6 Å². The van der Waals surface area contributed by atoms with Crippen LogP contribution >= 0.6 is 0 Å². The predicted molar refractivity (Wildman–Crippen MR) is 79.2 cm³/mol. The zero-order valence-electron chi connectivity index (χ0n) is 12.0. The fraction of sp³-hybridized carbons (Fsp3) is 0.500. The summed E-state index contributed by atoms with van der Waals surface area (Å²) in [5.74, 6) is -0.214. The Kier molecular flexibility index (Phi) is 7.71. The number of carbonyl (C=O) groups is 1. The van der Waals surface area contributed by atoms with Crippen molar-refractivity contribution in [1.29, 1.82) is 0 Å². The molecule has 0 aliphatic heterocycles. The normalized spacial score (nSPS) is 11.5. The smallest absolute Gasteiger partial charge is 0.325 e. The average molecular weight is 292 g/mol. The maximum absolute atomic E-state index is 11.3. The van der Waals surface area contributed by atoms with Gasteiger partial charge >= 0.3 is 5.97 Å². The van der Waals surface area contributed by atoms with Gasteiger partial charge in [0.05, 0.1) is 6.61 Å². The van der Waals surface area contributed by atoms with E-state index in [4.69, 9.17) is 10.3 Å². The van der Waals surface area contributed by atoms with Crippen molar-refractivity contribution in [2.45, 2.75) is 25.8 Å². The van der Waals surface area contributed by atoms with Crippen LogP contribution < -0.4 is 10.1 Å². The van der Waals surface area contributed by atoms with Gasteiger partial charge in [0.15, 0.2) is 0 Å². The maximum atomic E-state index is 11.3. The Morgan fingerprint density at radius 2 is 2.19 bits per heavy atom. The van der Waals surface area contributed by atoms with E-state index in [1.165, 1.54) is 0 Å². The summed E-state index contributed by atoms with van der Waals surface area (Å²) in [6, 6.07) is 6.23. The third kappa shape index (κ3) is 6.16. The van der Waals surface area contributed by atoms with Crippen LogP contribution in [0.25, 0.3) is 10.4 Å². The van der Waals surface area contributed by atoms with Crippen LogP contribution in [0.1, 0.15) is 31.4 Å². The van der Waals surface area contributed by atoms with Gasteiger partial charge in [-0.15, -0.1) is 0 Å². The largest absolute Gasteiger partial charge is 0.494 e. The number of aliphatic carboxylic acids is 1. The van der Waals surface area contributed by atoms with Crippen molar-refractivity contribution in [2.24, 2.45) is 5.11 Å². The molecule has 1 aromatic carbocycles. The molecule has 1 unspecified atom stereocenters. The molecule has 7 heteroatoms. The molecule has 0 saturated carbocycles. The van der Waals surface area contributed by atoms with Crippen molar-refractivity contribution in [3.63, 3.8) is 0 Å². The molecule has 0 aliphatic rings. The number of ether oxygens (including phenoxy) is 1. The Hall–Kier alpha value is -2.24. The number of carboxylic acid groups (broad SMARTS) is 1. The lowest BCUT2D eigenvalue weighted by Crippen LogP contribution is -2.29. The van der Waals surface area contributed by atoms with E-state index in [-0.39, 0.29) is 0 Å². The zero-order valence-corrected chi connectivity index (χ0v) is 12.0. The van der Waals surface area contributed by atoms with Crippen LogP contribution in [0, 0.1) is 0 Å². The molecule has 0 fully saturated rings. The van der Waals surface area contributed by atoms with Crippen LogP contribution in [0.2, 0.25) is 0 Å². The molecule has 0 aromatic heterocycles. The molecule has 1 atom stereocenters. The number of hydrogen-bond donors (Lipinski definition) is 2. The van der Waals surface area contributed by atoms with Gasteiger partial charge in [0.25, 0.3) is 0 Å². The Morgan fingerprint density at radius 1 is 1.48 bits per heavy atom. The van der Waals surface area contributed by atoms with E-state index in [9.17, 15) is 9.90 Å². The predicted octanol–water partition coefficient (Wildman–Crippen LogP) is 2.89. The van der Waals surface area contributed by atoms with E-state index in [2.05, 4.69) is 15.3 Å². The first-order valence-electron chi connectivity index (χ1n) is 6.88. The number of azide groups is 1. The highest BCUT2D eigenvalue weighted by molar-refractivity contribution is 5.75. The molecular formula is C14H20N4O3. The monoisotopic (exact) mass is 292 g/mol. The first kappa shape index (κ1) is 16.8. The quantitative estimate of drug-likeness (QED) is 0.299. The molecule has 0 aliphatic carbocycles. The molecule has 114 valence electrons. The Morgan fingerprint density at radius 3 is 2.76 bits per heavy atom. The summed E-state index contributed by atoms with van der Waals surface area (Å²) in [7, 11) is 0. The molecule has 0 heterocycles.